The molecular weight excluding hydrogens is 278 g/mol. The maximum atomic E-state index is 6.18. The maximum Gasteiger partial charge on any atom is 0.142 e. The zero-order chi connectivity index (χ0) is 13.6. The molecule has 3 heterocycles. The molecule has 1 aromatic rings. The van der Waals surface area contributed by atoms with E-state index in [2.05, 4.69) is 35.6 Å². The van der Waals surface area contributed by atoms with Gasteiger partial charge in [-0.2, -0.15) is 0 Å². The Bertz CT molecular complexity index is 492. The summed E-state index contributed by atoms with van der Waals surface area (Å²) in [5.41, 5.74) is 1.18. The van der Waals surface area contributed by atoms with Gasteiger partial charge in [-0.1, -0.05) is 11.6 Å². The number of aromatic nitrogens is 1. The molecule has 5 heteroatoms. The Kier molecular flexibility index (Phi) is 3.67. The van der Waals surface area contributed by atoms with Crippen LogP contribution < -0.4 is 4.90 Å². The van der Waals surface area contributed by atoms with Gasteiger partial charge in [-0.3, -0.25) is 4.90 Å². The van der Waals surface area contributed by atoms with Gasteiger partial charge in [-0.15, -0.1) is 11.8 Å². The Morgan fingerprint density at radius 3 is 2.95 bits per heavy atom. The van der Waals surface area contributed by atoms with Crippen molar-refractivity contribution in [3.05, 3.63) is 16.8 Å². The summed E-state index contributed by atoms with van der Waals surface area (Å²) in [6, 6.07) is 1.22. The van der Waals surface area contributed by atoms with Crippen LogP contribution >= 0.6 is 23.4 Å². The second-order valence-electron chi connectivity index (χ2n) is 5.63. The summed E-state index contributed by atoms with van der Waals surface area (Å²) < 4.78 is 0. The quantitative estimate of drug-likeness (QED) is 0.793. The SMILES string of the molecule is Cc1c(Cl)cnc2c1SCC1CN(C(C)C)CCN21. The molecular formula is C14H20ClN3S. The summed E-state index contributed by atoms with van der Waals surface area (Å²) in [7, 11) is 0. The van der Waals surface area contributed by atoms with Crippen molar-refractivity contribution in [2.75, 3.05) is 30.3 Å². The first-order valence-electron chi connectivity index (χ1n) is 6.86. The molecule has 0 saturated carbocycles. The molecule has 0 aliphatic carbocycles. The molecule has 1 aromatic heterocycles. The maximum absolute atomic E-state index is 6.18. The van der Waals surface area contributed by atoms with Crippen LogP contribution in [0.1, 0.15) is 19.4 Å². The number of hydrogen-bond acceptors (Lipinski definition) is 4. The summed E-state index contributed by atoms with van der Waals surface area (Å²) in [6.45, 7) is 10.0. The number of rotatable bonds is 1. The predicted octanol–water partition coefficient (Wildman–Crippen LogP) is 3.05. The first-order valence-corrected chi connectivity index (χ1v) is 8.23. The smallest absolute Gasteiger partial charge is 0.142 e. The topological polar surface area (TPSA) is 19.4 Å². The van der Waals surface area contributed by atoms with E-state index in [1.54, 1.807) is 6.20 Å². The highest BCUT2D eigenvalue weighted by Gasteiger charge is 2.34. The number of anilines is 1. The zero-order valence-corrected chi connectivity index (χ0v) is 13.3. The van der Waals surface area contributed by atoms with Gasteiger partial charge in [0, 0.05) is 37.6 Å². The van der Waals surface area contributed by atoms with E-state index in [0.29, 0.717) is 12.1 Å². The molecule has 3 rings (SSSR count). The molecule has 1 unspecified atom stereocenters. The van der Waals surface area contributed by atoms with Crippen molar-refractivity contribution in [3.8, 4) is 0 Å². The number of thioether (sulfide) groups is 1. The summed E-state index contributed by atoms with van der Waals surface area (Å²) in [5.74, 6) is 2.28. The fraction of sp³-hybridized carbons (Fsp3) is 0.643. The molecule has 0 bridgehead atoms. The van der Waals surface area contributed by atoms with E-state index in [-0.39, 0.29) is 0 Å². The molecule has 2 aliphatic heterocycles. The van der Waals surface area contributed by atoms with Crippen molar-refractivity contribution >= 4 is 29.2 Å². The normalized spacial score (nSPS) is 23.4. The average Bonchev–Trinajstić information content (AvgIpc) is 2.41. The van der Waals surface area contributed by atoms with E-state index < -0.39 is 0 Å². The van der Waals surface area contributed by atoms with Gasteiger partial charge in [0.15, 0.2) is 0 Å². The van der Waals surface area contributed by atoms with Crippen LogP contribution in [0, 0.1) is 6.92 Å². The highest BCUT2D eigenvalue weighted by atomic mass is 35.5. The van der Waals surface area contributed by atoms with Gasteiger partial charge in [0.25, 0.3) is 0 Å². The van der Waals surface area contributed by atoms with Crippen LogP contribution in [0.25, 0.3) is 0 Å². The number of nitrogens with zero attached hydrogens (tertiary/aromatic N) is 3. The predicted molar refractivity (Wildman–Crippen MR) is 82.6 cm³/mol. The summed E-state index contributed by atoms with van der Waals surface area (Å²) in [5, 5.41) is 0.783. The van der Waals surface area contributed by atoms with E-state index >= 15 is 0 Å². The second-order valence-corrected chi connectivity index (χ2v) is 7.07. The third-order valence-electron chi connectivity index (χ3n) is 4.14. The molecule has 0 spiro atoms. The molecule has 1 fully saturated rings. The monoisotopic (exact) mass is 297 g/mol. The third kappa shape index (κ3) is 2.34. The van der Waals surface area contributed by atoms with Crippen LogP contribution in [0.5, 0.6) is 0 Å². The minimum absolute atomic E-state index is 0.585. The molecule has 0 radical (unpaired) electrons. The molecule has 1 atom stereocenters. The van der Waals surface area contributed by atoms with E-state index in [9.17, 15) is 0 Å². The molecule has 0 aromatic carbocycles. The highest BCUT2D eigenvalue weighted by molar-refractivity contribution is 7.99. The van der Waals surface area contributed by atoms with Crippen molar-refractivity contribution in [3.63, 3.8) is 0 Å². The fourth-order valence-electron chi connectivity index (χ4n) is 2.88. The fourth-order valence-corrected chi connectivity index (χ4v) is 4.35. The van der Waals surface area contributed by atoms with Crippen molar-refractivity contribution < 1.29 is 0 Å². The van der Waals surface area contributed by atoms with Gasteiger partial charge in [0.2, 0.25) is 0 Å². The standard InChI is InChI=1S/C14H20ClN3S/c1-9(2)17-4-5-18-11(7-17)8-19-13-10(3)12(15)6-16-14(13)18/h6,9,11H,4-5,7-8H2,1-3H3. The van der Waals surface area contributed by atoms with Gasteiger partial charge in [-0.25, -0.2) is 4.98 Å². The van der Waals surface area contributed by atoms with Gasteiger partial charge >= 0.3 is 0 Å². The molecule has 0 N–H and O–H groups in total. The van der Waals surface area contributed by atoms with Crippen LogP contribution in [0.2, 0.25) is 5.02 Å². The second kappa shape index (κ2) is 5.15. The molecule has 0 amide bonds. The van der Waals surface area contributed by atoms with E-state index in [4.69, 9.17) is 11.6 Å². The Balaban J connectivity index is 1.89. The van der Waals surface area contributed by atoms with E-state index in [1.165, 1.54) is 10.5 Å². The minimum atomic E-state index is 0.585. The number of pyridine rings is 1. The molecule has 1 saturated heterocycles. The molecule has 19 heavy (non-hydrogen) atoms. The Morgan fingerprint density at radius 2 is 2.21 bits per heavy atom. The van der Waals surface area contributed by atoms with Crippen LogP contribution in [-0.2, 0) is 0 Å². The number of fused-ring (bicyclic) bond motifs is 3. The molecule has 3 nitrogen and oxygen atoms in total. The summed E-state index contributed by atoms with van der Waals surface area (Å²) >= 11 is 8.10. The zero-order valence-electron chi connectivity index (χ0n) is 11.7. The lowest BCUT2D eigenvalue weighted by Crippen LogP contribution is -2.57. The number of hydrogen-bond donors (Lipinski definition) is 0. The first kappa shape index (κ1) is 13.5. The largest absolute Gasteiger partial charge is 0.349 e. The van der Waals surface area contributed by atoms with Gasteiger partial charge in [-0.05, 0) is 26.3 Å². The lowest BCUT2D eigenvalue weighted by molar-refractivity contribution is 0.185. The van der Waals surface area contributed by atoms with Crippen molar-refractivity contribution in [1.29, 1.82) is 0 Å². The lowest BCUT2D eigenvalue weighted by atomic mass is 10.1. The third-order valence-corrected chi connectivity index (χ3v) is 5.85. The highest BCUT2D eigenvalue weighted by Crippen LogP contribution is 2.41. The molecule has 104 valence electrons. The Hall–Kier alpha value is -0.450. The van der Waals surface area contributed by atoms with E-state index in [1.807, 2.05) is 11.8 Å². The number of halogens is 1. The molecule has 2 aliphatic rings. The lowest BCUT2D eigenvalue weighted by Gasteiger charge is -2.46. The average molecular weight is 298 g/mol. The van der Waals surface area contributed by atoms with Gasteiger partial charge < -0.3 is 4.90 Å². The van der Waals surface area contributed by atoms with E-state index in [0.717, 1.165) is 36.2 Å². The van der Waals surface area contributed by atoms with Crippen molar-refractivity contribution in [1.82, 2.24) is 9.88 Å². The van der Waals surface area contributed by atoms with Crippen LogP contribution in [0.3, 0.4) is 0 Å². The van der Waals surface area contributed by atoms with Crippen LogP contribution in [0.4, 0.5) is 5.82 Å². The van der Waals surface area contributed by atoms with Gasteiger partial charge in [0.1, 0.15) is 5.82 Å². The van der Waals surface area contributed by atoms with Crippen molar-refractivity contribution in [2.45, 2.75) is 37.8 Å². The summed E-state index contributed by atoms with van der Waals surface area (Å²) in [6.07, 6.45) is 1.80. The first-order chi connectivity index (χ1) is 9.08. The minimum Gasteiger partial charge on any atom is -0.349 e. The summed E-state index contributed by atoms with van der Waals surface area (Å²) in [4.78, 5) is 10.9. The Labute approximate surface area is 124 Å². The van der Waals surface area contributed by atoms with Gasteiger partial charge in [0.05, 0.1) is 16.0 Å². The van der Waals surface area contributed by atoms with Crippen LogP contribution in [0.15, 0.2) is 11.1 Å². The van der Waals surface area contributed by atoms with Crippen molar-refractivity contribution in [2.24, 2.45) is 0 Å². The number of piperazine rings is 1. The van der Waals surface area contributed by atoms with Crippen LogP contribution in [-0.4, -0.2) is 47.4 Å². The Morgan fingerprint density at radius 1 is 1.42 bits per heavy atom.